The van der Waals surface area contributed by atoms with Crippen LogP contribution in [0.25, 0.3) is 0 Å². The molecule has 0 aromatic rings. The fourth-order valence-electron chi connectivity index (χ4n) is 1.73. The molecule has 0 bridgehead atoms. The second-order valence-electron chi connectivity index (χ2n) is 4.00. The van der Waals surface area contributed by atoms with E-state index in [0.717, 1.165) is 31.0 Å². The van der Waals surface area contributed by atoms with Crippen molar-refractivity contribution in [1.29, 1.82) is 0 Å². The standard InChI is InChI=1S/C10H19NO3S/c1-8(12)2-3-11-4-5-15-7-9(11)6-10(13)14/h8-9,12H,2-7H2,1H3,(H,13,14). The van der Waals surface area contributed by atoms with Gasteiger partial charge in [-0.3, -0.25) is 9.69 Å². The van der Waals surface area contributed by atoms with E-state index in [9.17, 15) is 9.90 Å². The lowest BCUT2D eigenvalue weighted by molar-refractivity contribution is -0.138. The van der Waals surface area contributed by atoms with Crippen molar-refractivity contribution in [3.8, 4) is 0 Å². The molecule has 1 rings (SSSR count). The molecule has 0 amide bonds. The molecule has 0 aromatic heterocycles. The van der Waals surface area contributed by atoms with Crippen LogP contribution in [0.5, 0.6) is 0 Å². The molecule has 2 unspecified atom stereocenters. The number of hydrogen-bond acceptors (Lipinski definition) is 4. The van der Waals surface area contributed by atoms with Crippen molar-refractivity contribution in [3.63, 3.8) is 0 Å². The van der Waals surface area contributed by atoms with E-state index in [0.29, 0.717) is 0 Å². The maximum absolute atomic E-state index is 10.7. The number of carbonyl (C=O) groups is 1. The van der Waals surface area contributed by atoms with Crippen molar-refractivity contribution >= 4 is 17.7 Å². The number of aliphatic hydroxyl groups excluding tert-OH is 1. The van der Waals surface area contributed by atoms with Gasteiger partial charge in [0, 0.05) is 30.6 Å². The van der Waals surface area contributed by atoms with Crippen LogP contribution in [0.15, 0.2) is 0 Å². The normalized spacial score (nSPS) is 25.1. The largest absolute Gasteiger partial charge is 0.481 e. The summed E-state index contributed by atoms with van der Waals surface area (Å²) in [6.07, 6.45) is 0.637. The van der Waals surface area contributed by atoms with Crippen molar-refractivity contribution in [1.82, 2.24) is 4.90 Å². The molecule has 2 N–H and O–H groups in total. The van der Waals surface area contributed by atoms with Crippen LogP contribution in [0.1, 0.15) is 19.8 Å². The highest BCUT2D eigenvalue weighted by atomic mass is 32.2. The molecule has 1 heterocycles. The number of carboxylic acids is 1. The molecule has 2 atom stereocenters. The summed E-state index contributed by atoms with van der Waals surface area (Å²) in [5, 5.41) is 18.0. The van der Waals surface area contributed by atoms with E-state index in [1.165, 1.54) is 0 Å². The third-order valence-corrected chi connectivity index (χ3v) is 3.69. The zero-order valence-electron chi connectivity index (χ0n) is 9.06. The minimum atomic E-state index is -0.732. The number of thioether (sulfide) groups is 1. The molecular formula is C10H19NO3S. The van der Waals surface area contributed by atoms with Gasteiger partial charge in [-0.15, -0.1) is 0 Å². The Labute approximate surface area is 94.7 Å². The van der Waals surface area contributed by atoms with Crippen LogP contribution >= 0.6 is 11.8 Å². The van der Waals surface area contributed by atoms with E-state index in [2.05, 4.69) is 4.90 Å². The summed E-state index contributed by atoms with van der Waals surface area (Å²) in [6, 6.07) is 0.139. The molecule has 88 valence electrons. The van der Waals surface area contributed by atoms with Crippen LogP contribution in [0.3, 0.4) is 0 Å². The van der Waals surface area contributed by atoms with Crippen LogP contribution in [0.2, 0.25) is 0 Å². The number of aliphatic hydroxyl groups is 1. The van der Waals surface area contributed by atoms with Crippen LogP contribution < -0.4 is 0 Å². The average molecular weight is 233 g/mol. The number of hydrogen-bond donors (Lipinski definition) is 2. The van der Waals surface area contributed by atoms with Gasteiger partial charge in [-0.05, 0) is 13.3 Å². The summed E-state index contributed by atoms with van der Waals surface area (Å²) in [5.41, 5.74) is 0. The minimum Gasteiger partial charge on any atom is -0.481 e. The Morgan fingerprint density at radius 3 is 3.00 bits per heavy atom. The Balaban J connectivity index is 2.39. The van der Waals surface area contributed by atoms with Crippen molar-refractivity contribution in [2.75, 3.05) is 24.6 Å². The lowest BCUT2D eigenvalue weighted by atomic mass is 10.1. The predicted octanol–water partition coefficient (Wildman–Crippen LogP) is 0.649. The first-order valence-corrected chi connectivity index (χ1v) is 6.46. The van der Waals surface area contributed by atoms with E-state index in [-0.39, 0.29) is 18.6 Å². The molecule has 15 heavy (non-hydrogen) atoms. The maximum atomic E-state index is 10.7. The molecule has 1 saturated heterocycles. The van der Waals surface area contributed by atoms with Crippen LogP contribution in [-0.4, -0.2) is 57.8 Å². The quantitative estimate of drug-likeness (QED) is 0.730. The molecule has 0 saturated carbocycles. The first kappa shape index (κ1) is 12.8. The third kappa shape index (κ3) is 4.86. The van der Waals surface area contributed by atoms with E-state index in [1.54, 1.807) is 6.92 Å². The highest BCUT2D eigenvalue weighted by Crippen LogP contribution is 2.19. The molecule has 1 fully saturated rings. The molecule has 4 nitrogen and oxygen atoms in total. The van der Waals surface area contributed by atoms with E-state index in [1.807, 2.05) is 11.8 Å². The number of aliphatic carboxylic acids is 1. The highest BCUT2D eigenvalue weighted by Gasteiger charge is 2.24. The van der Waals surface area contributed by atoms with Crippen LogP contribution in [0, 0.1) is 0 Å². The summed E-state index contributed by atoms with van der Waals surface area (Å²) in [4.78, 5) is 12.9. The van der Waals surface area contributed by atoms with Gasteiger partial charge in [-0.2, -0.15) is 11.8 Å². The highest BCUT2D eigenvalue weighted by molar-refractivity contribution is 7.99. The summed E-state index contributed by atoms with van der Waals surface area (Å²) >= 11 is 1.82. The fraction of sp³-hybridized carbons (Fsp3) is 0.900. The van der Waals surface area contributed by atoms with Crippen molar-refractivity contribution in [2.45, 2.75) is 31.9 Å². The Bertz CT molecular complexity index is 211. The Hall–Kier alpha value is -0.260. The summed E-state index contributed by atoms with van der Waals surface area (Å²) < 4.78 is 0. The van der Waals surface area contributed by atoms with Crippen molar-refractivity contribution in [2.24, 2.45) is 0 Å². The summed E-state index contributed by atoms with van der Waals surface area (Å²) in [6.45, 7) is 3.51. The maximum Gasteiger partial charge on any atom is 0.304 e. The minimum absolute atomic E-state index is 0.139. The van der Waals surface area contributed by atoms with Gasteiger partial charge < -0.3 is 10.2 Å². The van der Waals surface area contributed by atoms with Gasteiger partial charge in [-0.1, -0.05) is 0 Å². The van der Waals surface area contributed by atoms with Gasteiger partial charge in [0.1, 0.15) is 0 Å². The summed E-state index contributed by atoms with van der Waals surface area (Å²) in [5.74, 6) is 1.23. The smallest absolute Gasteiger partial charge is 0.304 e. The number of nitrogens with zero attached hydrogens (tertiary/aromatic N) is 1. The lowest BCUT2D eigenvalue weighted by Crippen LogP contribution is -2.44. The molecule has 0 spiro atoms. The van der Waals surface area contributed by atoms with Gasteiger partial charge in [0.2, 0.25) is 0 Å². The topological polar surface area (TPSA) is 60.8 Å². The van der Waals surface area contributed by atoms with Crippen molar-refractivity contribution < 1.29 is 15.0 Å². The zero-order chi connectivity index (χ0) is 11.3. The third-order valence-electron chi connectivity index (χ3n) is 2.59. The second-order valence-corrected chi connectivity index (χ2v) is 5.15. The summed E-state index contributed by atoms with van der Waals surface area (Å²) in [7, 11) is 0. The predicted molar refractivity (Wildman–Crippen MR) is 61.2 cm³/mol. The Kier molecular flexibility index (Phi) is 5.42. The second kappa shape index (κ2) is 6.35. The molecule has 0 aliphatic carbocycles. The number of rotatable bonds is 5. The Morgan fingerprint density at radius 2 is 2.40 bits per heavy atom. The van der Waals surface area contributed by atoms with Gasteiger partial charge >= 0.3 is 5.97 Å². The first-order chi connectivity index (χ1) is 7.09. The lowest BCUT2D eigenvalue weighted by Gasteiger charge is -2.34. The molecular weight excluding hydrogens is 214 g/mol. The van der Waals surface area contributed by atoms with Gasteiger partial charge in [-0.25, -0.2) is 0 Å². The fourth-order valence-corrected chi connectivity index (χ4v) is 2.86. The molecule has 5 heteroatoms. The average Bonchev–Trinajstić information content (AvgIpc) is 2.15. The van der Waals surface area contributed by atoms with Gasteiger partial charge in [0.15, 0.2) is 0 Å². The molecule has 1 aliphatic heterocycles. The van der Waals surface area contributed by atoms with E-state index in [4.69, 9.17) is 5.11 Å². The van der Waals surface area contributed by atoms with Crippen LogP contribution in [0.4, 0.5) is 0 Å². The molecule has 0 aromatic carbocycles. The molecule has 1 aliphatic rings. The van der Waals surface area contributed by atoms with Gasteiger partial charge in [0.05, 0.1) is 12.5 Å². The molecule has 0 radical (unpaired) electrons. The SMILES string of the molecule is CC(O)CCN1CCSCC1CC(=O)O. The van der Waals surface area contributed by atoms with Gasteiger partial charge in [0.25, 0.3) is 0 Å². The van der Waals surface area contributed by atoms with E-state index < -0.39 is 5.97 Å². The zero-order valence-corrected chi connectivity index (χ0v) is 9.87. The first-order valence-electron chi connectivity index (χ1n) is 5.31. The Morgan fingerprint density at radius 1 is 1.67 bits per heavy atom. The van der Waals surface area contributed by atoms with Crippen LogP contribution in [-0.2, 0) is 4.79 Å². The number of carboxylic acid groups (broad SMARTS) is 1. The monoisotopic (exact) mass is 233 g/mol. The van der Waals surface area contributed by atoms with Crippen molar-refractivity contribution in [3.05, 3.63) is 0 Å². The van der Waals surface area contributed by atoms with E-state index >= 15 is 0 Å².